The van der Waals surface area contributed by atoms with Crippen LogP contribution in [-0.4, -0.2) is 26.0 Å². The number of benzene rings is 2. The second-order valence-corrected chi connectivity index (χ2v) is 10.7. The van der Waals surface area contributed by atoms with E-state index in [9.17, 15) is 25.4 Å². The number of rotatable bonds is 7. The Hall–Kier alpha value is -4.78. The highest BCUT2D eigenvalue weighted by molar-refractivity contribution is 7.99. The van der Waals surface area contributed by atoms with E-state index in [0.29, 0.717) is 32.0 Å². The predicted molar refractivity (Wildman–Crippen MR) is 147 cm³/mol. The molecule has 2 heterocycles. The van der Waals surface area contributed by atoms with Crippen molar-refractivity contribution in [3.05, 3.63) is 85.8 Å². The third-order valence-corrected chi connectivity index (χ3v) is 8.22. The van der Waals surface area contributed by atoms with Crippen molar-refractivity contribution in [3.8, 4) is 23.5 Å². The number of anilines is 1. The van der Waals surface area contributed by atoms with E-state index in [0.717, 1.165) is 53.4 Å². The number of carbonyl (C=O) groups is 1. The van der Waals surface area contributed by atoms with E-state index in [4.69, 9.17) is 0 Å². The van der Waals surface area contributed by atoms with Crippen LogP contribution in [0.2, 0.25) is 0 Å². The number of hydrogen-bond acceptors (Lipinski definition) is 9. The molecule has 0 saturated heterocycles. The fourth-order valence-corrected chi connectivity index (χ4v) is 6.26. The van der Waals surface area contributed by atoms with Gasteiger partial charge in [0.05, 0.1) is 15.4 Å². The lowest BCUT2D eigenvalue weighted by Crippen LogP contribution is -2.13. The molecule has 12 heteroatoms. The minimum atomic E-state index is -0.678. The van der Waals surface area contributed by atoms with Gasteiger partial charge in [-0.2, -0.15) is 10.5 Å². The molecule has 0 spiro atoms. The van der Waals surface area contributed by atoms with Crippen LogP contribution in [0.15, 0.2) is 64.2 Å². The van der Waals surface area contributed by atoms with Crippen molar-refractivity contribution < 1.29 is 9.72 Å². The van der Waals surface area contributed by atoms with Crippen LogP contribution < -0.4 is 5.32 Å². The van der Waals surface area contributed by atoms with Gasteiger partial charge in [-0.25, -0.2) is 4.98 Å². The van der Waals surface area contributed by atoms with Crippen LogP contribution in [0.5, 0.6) is 0 Å². The molecule has 1 aliphatic rings. The Kier molecular flexibility index (Phi) is 7.50. The molecule has 2 aromatic carbocycles. The first kappa shape index (κ1) is 25.9. The highest BCUT2D eigenvalue weighted by Gasteiger charge is 2.23. The fourth-order valence-electron chi connectivity index (χ4n) is 4.23. The van der Waals surface area contributed by atoms with E-state index in [2.05, 4.69) is 26.6 Å². The molecule has 0 atom stereocenters. The molecule has 5 rings (SSSR count). The van der Waals surface area contributed by atoms with Gasteiger partial charge in [-0.05, 0) is 60.7 Å². The molecule has 2 aromatic heterocycles. The number of nitrogens with one attached hydrogen (secondary N) is 2. The average Bonchev–Trinajstić information content (AvgIpc) is 3.56. The zero-order valence-corrected chi connectivity index (χ0v) is 21.9. The Morgan fingerprint density at radius 1 is 1.18 bits per heavy atom. The molecule has 1 aliphatic carbocycles. The number of nitro groups is 1. The maximum Gasteiger partial charge on any atom is 0.283 e. The molecular formula is C27H19N7O3S2. The van der Waals surface area contributed by atoms with E-state index in [-0.39, 0.29) is 11.3 Å². The van der Waals surface area contributed by atoms with Crippen LogP contribution in [0.1, 0.15) is 34.4 Å². The Bertz CT molecular complexity index is 1690. The first-order valence-electron chi connectivity index (χ1n) is 11.9. The zero-order valence-electron chi connectivity index (χ0n) is 20.3. The largest absolute Gasteiger partial charge is 0.312 e. The first-order chi connectivity index (χ1) is 19.0. The summed E-state index contributed by atoms with van der Waals surface area (Å²) in [4.78, 5) is 30.0. The van der Waals surface area contributed by atoms with Gasteiger partial charge in [0.2, 0.25) is 5.16 Å². The van der Waals surface area contributed by atoms with Crippen molar-refractivity contribution in [2.75, 3.05) is 5.32 Å². The predicted octanol–water partition coefficient (Wildman–Crippen LogP) is 5.89. The van der Waals surface area contributed by atoms with Crippen LogP contribution in [0.25, 0.3) is 17.5 Å². The van der Waals surface area contributed by atoms with Gasteiger partial charge in [-0.15, -0.1) is 16.4 Å². The summed E-state index contributed by atoms with van der Waals surface area (Å²) in [7, 11) is 0. The van der Waals surface area contributed by atoms with E-state index in [1.54, 1.807) is 6.07 Å². The SMILES string of the molecule is N#C/C(=C/c1ccc(Sc2n[nH]c(-c3ccccc3)n2)c([N+](=O)[O-])c1)C(=O)Nc1sc2c(c1C#N)CCCC2. The van der Waals surface area contributed by atoms with Gasteiger partial charge in [0.15, 0.2) is 5.82 Å². The summed E-state index contributed by atoms with van der Waals surface area (Å²) < 4.78 is 0. The Morgan fingerprint density at radius 3 is 2.72 bits per heavy atom. The number of aryl methyl sites for hydroxylation is 1. The van der Waals surface area contributed by atoms with Crippen LogP contribution in [0.4, 0.5) is 10.7 Å². The normalized spacial score (nSPS) is 12.7. The number of H-pyrrole nitrogens is 1. The smallest absolute Gasteiger partial charge is 0.283 e. The molecule has 2 N–H and O–H groups in total. The van der Waals surface area contributed by atoms with E-state index in [1.165, 1.54) is 29.5 Å². The van der Waals surface area contributed by atoms with Crippen molar-refractivity contribution in [3.63, 3.8) is 0 Å². The lowest BCUT2D eigenvalue weighted by atomic mass is 9.96. The van der Waals surface area contributed by atoms with E-state index < -0.39 is 10.8 Å². The monoisotopic (exact) mass is 553 g/mol. The molecule has 0 fully saturated rings. The van der Waals surface area contributed by atoms with Gasteiger partial charge in [0, 0.05) is 16.5 Å². The van der Waals surface area contributed by atoms with Crippen LogP contribution in [0.3, 0.4) is 0 Å². The first-order valence-corrected chi connectivity index (χ1v) is 13.5. The minimum Gasteiger partial charge on any atom is -0.312 e. The Labute approximate surface area is 231 Å². The molecule has 39 heavy (non-hydrogen) atoms. The topological polar surface area (TPSA) is 161 Å². The number of thiophene rings is 1. The molecule has 0 bridgehead atoms. The lowest BCUT2D eigenvalue weighted by molar-refractivity contribution is -0.387. The summed E-state index contributed by atoms with van der Waals surface area (Å²) in [5.41, 5.74) is 2.11. The molecule has 10 nitrogen and oxygen atoms in total. The third-order valence-electron chi connectivity index (χ3n) is 6.08. The summed E-state index contributed by atoms with van der Waals surface area (Å²) >= 11 is 2.39. The van der Waals surface area contributed by atoms with Crippen LogP contribution in [0, 0.1) is 32.8 Å². The second kappa shape index (κ2) is 11.3. The molecule has 0 unspecified atom stereocenters. The summed E-state index contributed by atoms with van der Waals surface area (Å²) in [5.74, 6) is -0.140. The quantitative estimate of drug-likeness (QED) is 0.124. The van der Waals surface area contributed by atoms with Gasteiger partial charge in [0.25, 0.3) is 11.6 Å². The fraction of sp³-hybridized carbons (Fsp3) is 0.148. The number of nitro benzene ring substituents is 1. The molecular weight excluding hydrogens is 534 g/mol. The number of aromatic amines is 1. The Morgan fingerprint density at radius 2 is 1.97 bits per heavy atom. The van der Waals surface area contributed by atoms with E-state index in [1.807, 2.05) is 36.4 Å². The van der Waals surface area contributed by atoms with Crippen molar-refractivity contribution in [2.45, 2.75) is 35.7 Å². The van der Waals surface area contributed by atoms with Gasteiger partial charge in [-0.3, -0.25) is 20.0 Å². The van der Waals surface area contributed by atoms with Crippen molar-refractivity contribution in [1.29, 1.82) is 10.5 Å². The standard InChI is InChI=1S/C27H19N7O3S2/c28-14-18(25(35)31-26-20(15-29)19-8-4-5-9-22(19)38-26)12-16-10-11-23(21(13-16)34(36)37)39-27-30-24(32-33-27)17-6-2-1-3-7-17/h1-3,6-7,10-13H,4-5,8-9H2,(H,31,35)(H,30,32,33)/b18-12-. The number of nitrogens with zero attached hydrogens (tertiary/aromatic N) is 5. The molecule has 0 radical (unpaired) electrons. The number of nitriles is 2. The highest BCUT2D eigenvalue weighted by Crippen LogP contribution is 2.38. The Balaban J connectivity index is 1.37. The molecule has 1 amide bonds. The lowest BCUT2D eigenvalue weighted by Gasteiger charge is -2.09. The summed E-state index contributed by atoms with van der Waals surface area (Å²) in [6, 6.07) is 17.8. The van der Waals surface area contributed by atoms with Crippen molar-refractivity contribution >= 4 is 45.8 Å². The molecule has 4 aromatic rings. The average molecular weight is 554 g/mol. The van der Waals surface area contributed by atoms with E-state index >= 15 is 0 Å². The number of carbonyl (C=O) groups excluding carboxylic acids is 1. The van der Waals surface area contributed by atoms with Crippen molar-refractivity contribution in [2.24, 2.45) is 0 Å². The van der Waals surface area contributed by atoms with Crippen LogP contribution in [-0.2, 0) is 17.6 Å². The second-order valence-electron chi connectivity index (χ2n) is 8.57. The zero-order chi connectivity index (χ0) is 27.4. The number of aromatic nitrogens is 3. The third kappa shape index (κ3) is 5.57. The minimum absolute atomic E-state index is 0.213. The van der Waals surface area contributed by atoms with Crippen molar-refractivity contribution in [1.82, 2.24) is 15.2 Å². The number of hydrogen-bond donors (Lipinski definition) is 2. The summed E-state index contributed by atoms with van der Waals surface area (Å²) in [6.07, 6.45) is 4.97. The van der Waals surface area contributed by atoms with Crippen LogP contribution >= 0.6 is 23.1 Å². The maximum absolute atomic E-state index is 12.9. The van der Waals surface area contributed by atoms with Gasteiger partial charge >= 0.3 is 0 Å². The van der Waals surface area contributed by atoms with Gasteiger partial charge in [0.1, 0.15) is 22.7 Å². The molecule has 0 aliphatic heterocycles. The number of amides is 1. The maximum atomic E-state index is 12.9. The van der Waals surface area contributed by atoms with Gasteiger partial charge in [-0.1, -0.05) is 36.4 Å². The summed E-state index contributed by atoms with van der Waals surface area (Å²) in [5, 5.41) is 41.5. The molecule has 0 saturated carbocycles. The van der Waals surface area contributed by atoms with Gasteiger partial charge < -0.3 is 5.32 Å². The number of fused-ring (bicyclic) bond motifs is 1. The highest BCUT2D eigenvalue weighted by atomic mass is 32.2. The summed E-state index contributed by atoms with van der Waals surface area (Å²) in [6.45, 7) is 0. The molecule has 192 valence electrons.